The first-order valence-corrected chi connectivity index (χ1v) is 7.67. The number of anilines is 1. The summed E-state index contributed by atoms with van der Waals surface area (Å²) in [6.07, 6.45) is 4.34. The summed E-state index contributed by atoms with van der Waals surface area (Å²) in [5, 5.41) is 6.85. The lowest BCUT2D eigenvalue weighted by Gasteiger charge is -2.35. The number of nitrogens with one attached hydrogen (secondary N) is 2. The Morgan fingerprint density at radius 3 is 2.71 bits per heavy atom. The van der Waals surface area contributed by atoms with E-state index in [9.17, 15) is 4.79 Å². The molecule has 116 valence electrons. The van der Waals surface area contributed by atoms with Gasteiger partial charge >= 0.3 is 0 Å². The molecule has 21 heavy (non-hydrogen) atoms. The van der Waals surface area contributed by atoms with Crippen LogP contribution in [0.2, 0.25) is 0 Å². The predicted octanol–water partition coefficient (Wildman–Crippen LogP) is 2.26. The molecule has 2 aliphatic rings. The van der Waals surface area contributed by atoms with Crippen LogP contribution in [-0.4, -0.2) is 42.5 Å². The molecule has 2 saturated heterocycles. The molecule has 2 heterocycles. The predicted molar refractivity (Wildman–Crippen MR) is 87.9 cm³/mol. The molecule has 2 atom stereocenters. The molecular formula is C16H24ClN3O. The van der Waals surface area contributed by atoms with Crippen LogP contribution in [0.3, 0.4) is 0 Å². The van der Waals surface area contributed by atoms with Crippen LogP contribution in [0.15, 0.2) is 30.3 Å². The number of hydrogen-bond acceptors (Lipinski definition) is 3. The third-order valence-corrected chi connectivity index (χ3v) is 4.24. The van der Waals surface area contributed by atoms with Gasteiger partial charge in [0.05, 0.1) is 6.04 Å². The highest BCUT2D eigenvalue weighted by atomic mass is 35.5. The molecule has 2 unspecified atom stereocenters. The number of para-hydroxylation sites is 1. The van der Waals surface area contributed by atoms with Crippen LogP contribution < -0.4 is 10.6 Å². The van der Waals surface area contributed by atoms with Gasteiger partial charge in [-0.1, -0.05) is 18.2 Å². The maximum absolute atomic E-state index is 12.4. The number of halogens is 1. The number of nitrogens with zero attached hydrogens (tertiary/aromatic N) is 1. The quantitative estimate of drug-likeness (QED) is 0.900. The van der Waals surface area contributed by atoms with E-state index < -0.39 is 0 Å². The molecule has 3 rings (SSSR count). The van der Waals surface area contributed by atoms with Crippen LogP contribution in [0.1, 0.15) is 25.7 Å². The van der Waals surface area contributed by atoms with Crippen molar-refractivity contribution in [3.8, 4) is 0 Å². The first-order valence-electron chi connectivity index (χ1n) is 7.67. The maximum atomic E-state index is 12.4. The van der Waals surface area contributed by atoms with Gasteiger partial charge in [0.15, 0.2) is 0 Å². The molecule has 0 bridgehead atoms. The molecule has 2 aliphatic heterocycles. The van der Waals surface area contributed by atoms with Crippen LogP contribution in [0, 0.1) is 0 Å². The van der Waals surface area contributed by atoms with E-state index in [0.29, 0.717) is 11.9 Å². The van der Waals surface area contributed by atoms with Crippen LogP contribution in [0.25, 0.3) is 0 Å². The molecule has 0 aliphatic carbocycles. The fourth-order valence-electron chi connectivity index (χ4n) is 3.18. The van der Waals surface area contributed by atoms with E-state index in [4.69, 9.17) is 0 Å². The molecule has 0 spiro atoms. The maximum Gasteiger partial charge on any atom is 0.239 e. The van der Waals surface area contributed by atoms with Gasteiger partial charge in [-0.25, -0.2) is 0 Å². The van der Waals surface area contributed by atoms with E-state index >= 15 is 0 Å². The molecule has 0 aromatic heterocycles. The van der Waals surface area contributed by atoms with Crippen molar-refractivity contribution >= 4 is 24.0 Å². The number of piperidine rings is 1. The van der Waals surface area contributed by atoms with Crippen LogP contribution in [0.5, 0.6) is 0 Å². The summed E-state index contributed by atoms with van der Waals surface area (Å²) in [6.45, 7) is 2.71. The van der Waals surface area contributed by atoms with Gasteiger partial charge in [0.25, 0.3) is 0 Å². The highest BCUT2D eigenvalue weighted by Gasteiger charge is 2.30. The van der Waals surface area contributed by atoms with Crippen LogP contribution in [-0.2, 0) is 4.79 Å². The summed E-state index contributed by atoms with van der Waals surface area (Å²) in [5.41, 5.74) is 1.14. The van der Waals surface area contributed by atoms with Crippen molar-refractivity contribution in [1.82, 2.24) is 10.2 Å². The summed E-state index contributed by atoms with van der Waals surface area (Å²) < 4.78 is 0. The summed E-state index contributed by atoms with van der Waals surface area (Å²) in [4.78, 5) is 14.5. The Hall–Kier alpha value is -1.26. The number of likely N-dealkylation sites (tertiary alicyclic amines) is 1. The van der Waals surface area contributed by atoms with Gasteiger partial charge in [0.2, 0.25) is 5.91 Å². The molecule has 1 aromatic rings. The SMILES string of the molecule is Cl.O=C(C1CCCN1)N1CCCC(Nc2ccccc2)C1. The van der Waals surface area contributed by atoms with Gasteiger partial charge in [-0.3, -0.25) is 4.79 Å². The number of carbonyl (C=O) groups is 1. The zero-order valence-electron chi connectivity index (χ0n) is 12.3. The van der Waals surface area contributed by atoms with E-state index in [0.717, 1.165) is 51.0 Å². The third-order valence-electron chi connectivity index (χ3n) is 4.24. The van der Waals surface area contributed by atoms with Crippen LogP contribution >= 0.6 is 12.4 Å². The molecule has 1 aromatic carbocycles. The number of benzene rings is 1. The molecule has 2 fully saturated rings. The van der Waals surface area contributed by atoms with Crippen molar-refractivity contribution in [3.63, 3.8) is 0 Å². The zero-order valence-corrected chi connectivity index (χ0v) is 13.1. The largest absolute Gasteiger partial charge is 0.381 e. The minimum absolute atomic E-state index is 0. The van der Waals surface area contributed by atoms with Gasteiger partial charge in [-0.15, -0.1) is 12.4 Å². The Morgan fingerprint density at radius 2 is 2.00 bits per heavy atom. The number of rotatable bonds is 3. The van der Waals surface area contributed by atoms with Gasteiger partial charge in [0.1, 0.15) is 0 Å². The standard InChI is InChI=1S/C16H23N3O.ClH/c20-16(15-9-4-10-17-15)19-11-5-8-14(12-19)18-13-6-2-1-3-7-13;/h1-3,6-7,14-15,17-18H,4-5,8-12H2;1H. The number of carbonyl (C=O) groups excluding carboxylic acids is 1. The fourth-order valence-corrected chi connectivity index (χ4v) is 3.18. The second-order valence-corrected chi connectivity index (χ2v) is 5.78. The summed E-state index contributed by atoms with van der Waals surface area (Å²) >= 11 is 0. The van der Waals surface area contributed by atoms with E-state index in [2.05, 4.69) is 22.8 Å². The molecule has 5 heteroatoms. The number of hydrogen-bond donors (Lipinski definition) is 2. The Balaban J connectivity index is 0.00000161. The fraction of sp³-hybridized carbons (Fsp3) is 0.562. The van der Waals surface area contributed by atoms with Gasteiger partial charge in [0, 0.05) is 24.8 Å². The van der Waals surface area contributed by atoms with Crippen LogP contribution in [0.4, 0.5) is 5.69 Å². The van der Waals surface area contributed by atoms with Gasteiger partial charge in [-0.05, 0) is 44.4 Å². The van der Waals surface area contributed by atoms with E-state index in [1.807, 2.05) is 23.1 Å². The molecule has 1 amide bonds. The Bertz CT molecular complexity index is 448. The zero-order chi connectivity index (χ0) is 13.8. The molecule has 0 radical (unpaired) electrons. The van der Waals surface area contributed by atoms with Gasteiger partial charge < -0.3 is 15.5 Å². The molecule has 2 N–H and O–H groups in total. The summed E-state index contributed by atoms with van der Waals surface area (Å²) in [5.74, 6) is 0.294. The highest BCUT2D eigenvalue weighted by Crippen LogP contribution is 2.18. The Labute approximate surface area is 132 Å². The average molecular weight is 310 g/mol. The van der Waals surface area contributed by atoms with Crippen molar-refractivity contribution < 1.29 is 4.79 Å². The minimum Gasteiger partial charge on any atom is -0.381 e. The second-order valence-electron chi connectivity index (χ2n) is 5.78. The minimum atomic E-state index is 0. The lowest BCUT2D eigenvalue weighted by atomic mass is 10.0. The van der Waals surface area contributed by atoms with E-state index in [-0.39, 0.29) is 18.4 Å². The highest BCUT2D eigenvalue weighted by molar-refractivity contribution is 5.85. The van der Waals surface area contributed by atoms with Crippen molar-refractivity contribution in [3.05, 3.63) is 30.3 Å². The van der Waals surface area contributed by atoms with E-state index in [1.165, 1.54) is 0 Å². The van der Waals surface area contributed by atoms with E-state index in [1.54, 1.807) is 0 Å². The van der Waals surface area contributed by atoms with Gasteiger partial charge in [-0.2, -0.15) is 0 Å². The average Bonchev–Trinajstić information content (AvgIpc) is 3.02. The normalized spacial score (nSPS) is 25.2. The van der Waals surface area contributed by atoms with Crippen molar-refractivity contribution in [2.24, 2.45) is 0 Å². The van der Waals surface area contributed by atoms with Crippen molar-refractivity contribution in [2.75, 3.05) is 25.0 Å². The molecule has 0 saturated carbocycles. The van der Waals surface area contributed by atoms with Crippen molar-refractivity contribution in [2.45, 2.75) is 37.8 Å². The Morgan fingerprint density at radius 1 is 1.19 bits per heavy atom. The Kier molecular flexibility index (Phi) is 5.88. The first kappa shape index (κ1) is 16.1. The second kappa shape index (κ2) is 7.66. The first-order chi connectivity index (χ1) is 9.83. The molecular weight excluding hydrogens is 286 g/mol. The summed E-state index contributed by atoms with van der Waals surface area (Å²) in [6, 6.07) is 10.7. The summed E-state index contributed by atoms with van der Waals surface area (Å²) in [7, 11) is 0. The molecule has 4 nitrogen and oxygen atoms in total. The monoisotopic (exact) mass is 309 g/mol. The third kappa shape index (κ3) is 4.11. The number of amides is 1. The lowest BCUT2D eigenvalue weighted by Crippen LogP contribution is -2.50. The lowest BCUT2D eigenvalue weighted by molar-refractivity contribution is -0.134. The smallest absolute Gasteiger partial charge is 0.239 e. The topological polar surface area (TPSA) is 44.4 Å². The van der Waals surface area contributed by atoms with Crippen molar-refractivity contribution in [1.29, 1.82) is 0 Å².